The Morgan fingerprint density at radius 1 is 0.645 bits per heavy atom. The molecule has 13 N–H and O–H groups in total. The van der Waals surface area contributed by atoms with E-state index in [0.29, 0.717) is 0 Å². The molecule has 2 saturated heterocycles. The van der Waals surface area contributed by atoms with E-state index in [1.165, 1.54) is 0 Å². The molecule has 0 aromatic heterocycles. The second-order valence-electron chi connectivity index (χ2n) is 8.25. The first-order valence-electron chi connectivity index (χ1n) is 10.1. The van der Waals surface area contributed by atoms with Gasteiger partial charge in [0.05, 0.1) is 25.4 Å². The highest BCUT2D eigenvalue weighted by Gasteiger charge is 2.52. The lowest BCUT2D eigenvalue weighted by Gasteiger charge is -2.47. The van der Waals surface area contributed by atoms with Crippen LogP contribution in [-0.2, 0) is 18.9 Å². The van der Waals surface area contributed by atoms with Crippen molar-refractivity contribution in [2.24, 2.45) is 17.2 Å². The van der Waals surface area contributed by atoms with Gasteiger partial charge < -0.3 is 71.9 Å². The molecule has 0 spiro atoms. The molecule has 3 aliphatic rings. The van der Waals surface area contributed by atoms with E-state index in [1.54, 1.807) is 0 Å². The molecule has 0 radical (unpaired) electrons. The van der Waals surface area contributed by atoms with Crippen LogP contribution in [0.15, 0.2) is 0 Å². The molecule has 0 bridgehead atoms. The van der Waals surface area contributed by atoms with E-state index in [0.717, 1.165) is 0 Å². The topological polar surface area (TPSA) is 257 Å². The lowest BCUT2D eigenvalue weighted by atomic mass is 9.84. The molecule has 14 heteroatoms. The molecule has 182 valence electrons. The maximum Gasteiger partial charge on any atom is 0.187 e. The van der Waals surface area contributed by atoms with Crippen LogP contribution in [0.1, 0.15) is 6.42 Å². The number of aliphatic hydroxyl groups excluding tert-OH is 7. The summed E-state index contributed by atoms with van der Waals surface area (Å²) in [6, 6.07) is -2.82. The molecule has 1 saturated carbocycles. The summed E-state index contributed by atoms with van der Waals surface area (Å²) in [7, 11) is 0. The number of rotatable bonds is 6. The summed E-state index contributed by atoms with van der Waals surface area (Å²) in [4.78, 5) is 0. The predicted molar refractivity (Wildman–Crippen MR) is 99.8 cm³/mol. The molecule has 1 aliphatic carbocycles. The van der Waals surface area contributed by atoms with E-state index < -0.39 is 98.9 Å². The van der Waals surface area contributed by atoms with Crippen molar-refractivity contribution in [2.75, 3.05) is 13.2 Å². The minimum atomic E-state index is -1.52. The summed E-state index contributed by atoms with van der Waals surface area (Å²) >= 11 is 0. The fourth-order valence-electron chi connectivity index (χ4n) is 4.12. The highest BCUT2D eigenvalue weighted by molar-refractivity contribution is 5.01. The van der Waals surface area contributed by atoms with Crippen LogP contribution < -0.4 is 17.2 Å². The van der Waals surface area contributed by atoms with E-state index in [1.807, 2.05) is 0 Å². The molecule has 3 fully saturated rings. The lowest BCUT2D eigenvalue weighted by Crippen LogP contribution is -2.68. The van der Waals surface area contributed by atoms with Crippen molar-refractivity contribution >= 4 is 0 Å². The van der Waals surface area contributed by atoms with Crippen molar-refractivity contribution in [1.82, 2.24) is 0 Å². The standard InChI is InChI=1S/C17H33N3O11/c18-4-1-5(19)14(30-16-8(20)12(26)10(24)6(2-21)28-16)15(9(4)23)31-17-13(27)11(25)7(3-22)29-17/h4-17,21-27H,1-3,18-20H2/t4?,5?,6?,7-,8+,9-,10-,11+,12?,13?,14-,15?,16-,17+/m1/s1. The van der Waals surface area contributed by atoms with Gasteiger partial charge in [0, 0.05) is 12.1 Å². The van der Waals surface area contributed by atoms with Crippen LogP contribution in [0.2, 0.25) is 0 Å². The smallest absolute Gasteiger partial charge is 0.187 e. The summed E-state index contributed by atoms with van der Waals surface area (Å²) in [6.07, 6.45) is -14.5. The van der Waals surface area contributed by atoms with Crippen LogP contribution in [0.3, 0.4) is 0 Å². The third-order valence-electron chi connectivity index (χ3n) is 6.07. The SMILES string of the molecule is NC1CC(N)[C@@H](O[C@H]2OC(CO)[C@@H](O)C(O)[C@@H]2N)C(O[C@@H]2O[C@H](CO)[C@H](O)C2O)[C@@H]1O. The lowest BCUT2D eigenvalue weighted by molar-refractivity contribution is -0.310. The fourth-order valence-corrected chi connectivity index (χ4v) is 4.12. The van der Waals surface area contributed by atoms with Crippen LogP contribution >= 0.6 is 0 Å². The molecule has 6 unspecified atom stereocenters. The van der Waals surface area contributed by atoms with Gasteiger partial charge in [-0.2, -0.15) is 0 Å². The van der Waals surface area contributed by atoms with Crippen LogP contribution in [0.5, 0.6) is 0 Å². The molecule has 3 rings (SSSR count). The number of aliphatic hydroxyl groups is 7. The van der Waals surface area contributed by atoms with Gasteiger partial charge in [-0.05, 0) is 6.42 Å². The summed E-state index contributed by atoms with van der Waals surface area (Å²) in [5.41, 5.74) is 18.0. The fraction of sp³-hybridized carbons (Fsp3) is 1.00. The highest BCUT2D eigenvalue weighted by Crippen LogP contribution is 2.32. The molecular formula is C17H33N3O11. The third-order valence-corrected chi connectivity index (χ3v) is 6.07. The van der Waals surface area contributed by atoms with Gasteiger partial charge in [-0.3, -0.25) is 0 Å². The molecule has 31 heavy (non-hydrogen) atoms. The second-order valence-corrected chi connectivity index (χ2v) is 8.25. The second kappa shape index (κ2) is 10.1. The summed E-state index contributed by atoms with van der Waals surface area (Å²) in [5, 5.41) is 69.4. The Bertz CT molecular complexity index is 590. The van der Waals surface area contributed by atoms with Gasteiger partial charge in [0.1, 0.15) is 48.8 Å². The van der Waals surface area contributed by atoms with E-state index >= 15 is 0 Å². The van der Waals surface area contributed by atoms with Gasteiger partial charge in [0.25, 0.3) is 0 Å². The maximum atomic E-state index is 10.6. The summed E-state index contributed by atoms with van der Waals surface area (Å²) < 4.78 is 22.2. The van der Waals surface area contributed by atoms with Crippen molar-refractivity contribution in [1.29, 1.82) is 0 Å². The van der Waals surface area contributed by atoms with Gasteiger partial charge in [-0.15, -0.1) is 0 Å². The third kappa shape index (κ3) is 4.87. The van der Waals surface area contributed by atoms with Crippen LogP contribution in [0.4, 0.5) is 0 Å². The van der Waals surface area contributed by atoms with Crippen molar-refractivity contribution in [3.8, 4) is 0 Å². The quantitative estimate of drug-likeness (QED) is 0.179. The molecule has 2 heterocycles. The Kier molecular flexibility index (Phi) is 8.21. The Labute approximate surface area is 178 Å². The van der Waals surface area contributed by atoms with E-state index in [4.69, 9.17) is 36.1 Å². The first-order valence-corrected chi connectivity index (χ1v) is 10.1. The van der Waals surface area contributed by atoms with Gasteiger partial charge in [0.2, 0.25) is 0 Å². The van der Waals surface area contributed by atoms with Gasteiger partial charge in [-0.25, -0.2) is 0 Å². The first kappa shape index (κ1) is 25.1. The molecule has 0 aromatic rings. The van der Waals surface area contributed by atoms with Crippen molar-refractivity contribution in [3.05, 3.63) is 0 Å². The highest BCUT2D eigenvalue weighted by atomic mass is 16.7. The Morgan fingerprint density at radius 3 is 1.74 bits per heavy atom. The van der Waals surface area contributed by atoms with Crippen molar-refractivity contribution in [3.63, 3.8) is 0 Å². The summed E-state index contributed by atoms with van der Waals surface area (Å²) in [6.45, 7) is -1.19. The van der Waals surface area contributed by atoms with E-state index in [9.17, 15) is 35.7 Å². The largest absolute Gasteiger partial charge is 0.394 e. The monoisotopic (exact) mass is 455 g/mol. The predicted octanol–water partition coefficient (Wildman–Crippen LogP) is -6.62. The van der Waals surface area contributed by atoms with E-state index in [-0.39, 0.29) is 6.42 Å². The number of nitrogens with two attached hydrogens (primary N) is 3. The Balaban J connectivity index is 1.78. The first-order chi connectivity index (χ1) is 14.6. The van der Waals surface area contributed by atoms with E-state index in [2.05, 4.69) is 0 Å². The Hall–Kier alpha value is -0.560. The average Bonchev–Trinajstić information content (AvgIpc) is 3.02. The molecule has 2 aliphatic heterocycles. The van der Waals surface area contributed by atoms with Gasteiger partial charge in [0.15, 0.2) is 12.6 Å². The molecule has 14 atom stereocenters. The minimum Gasteiger partial charge on any atom is -0.394 e. The Morgan fingerprint density at radius 2 is 1.16 bits per heavy atom. The van der Waals surface area contributed by atoms with Crippen LogP contribution in [0.25, 0.3) is 0 Å². The minimum absolute atomic E-state index is 0.123. The zero-order valence-corrected chi connectivity index (χ0v) is 16.7. The van der Waals surface area contributed by atoms with Crippen molar-refractivity contribution in [2.45, 2.75) is 92.1 Å². The normalized spacial score (nSPS) is 53.6. The van der Waals surface area contributed by atoms with Gasteiger partial charge >= 0.3 is 0 Å². The number of ether oxygens (including phenoxy) is 4. The zero-order chi connectivity index (χ0) is 23.0. The average molecular weight is 455 g/mol. The molecule has 0 amide bonds. The zero-order valence-electron chi connectivity index (χ0n) is 16.7. The number of hydrogen-bond donors (Lipinski definition) is 10. The van der Waals surface area contributed by atoms with Crippen molar-refractivity contribution < 1.29 is 54.7 Å². The van der Waals surface area contributed by atoms with Crippen LogP contribution in [-0.4, -0.2) is 135 Å². The maximum absolute atomic E-state index is 10.6. The molecular weight excluding hydrogens is 422 g/mol. The number of hydrogen-bond acceptors (Lipinski definition) is 14. The van der Waals surface area contributed by atoms with Gasteiger partial charge in [-0.1, -0.05) is 0 Å². The van der Waals surface area contributed by atoms with Crippen LogP contribution in [0, 0.1) is 0 Å². The summed E-state index contributed by atoms with van der Waals surface area (Å²) in [5.74, 6) is 0. The molecule has 0 aromatic carbocycles. The molecule has 14 nitrogen and oxygen atoms in total.